The summed E-state index contributed by atoms with van der Waals surface area (Å²) < 4.78 is 0. The Balaban J connectivity index is 1.52. The highest BCUT2D eigenvalue weighted by atomic mass is 16.2. The second-order valence-corrected chi connectivity index (χ2v) is 8.57. The number of hydrogen-bond acceptors (Lipinski definition) is 2. The molecule has 2 aromatic rings. The highest BCUT2D eigenvalue weighted by Crippen LogP contribution is 2.22. The third kappa shape index (κ3) is 5.22. The number of likely N-dealkylation sites (tertiary alicyclic amines) is 1. The molecule has 0 bridgehead atoms. The SMILES string of the molecule is CC(C)(C)c1ccc(CCNC(=O)c2cccc(CN3CCCC3=O)c2)cc1. The summed E-state index contributed by atoms with van der Waals surface area (Å²) in [6.07, 6.45) is 2.37. The van der Waals surface area contributed by atoms with Crippen molar-refractivity contribution in [2.75, 3.05) is 13.1 Å². The van der Waals surface area contributed by atoms with Gasteiger partial charge < -0.3 is 10.2 Å². The lowest BCUT2D eigenvalue weighted by atomic mass is 9.86. The van der Waals surface area contributed by atoms with Crippen LogP contribution in [0.1, 0.15) is 60.7 Å². The summed E-state index contributed by atoms with van der Waals surface area (Å²) in [6.45, 7) is 8.60. The standard InChI is InChI=1S/C24H30N2O2/c1-24(2,3)21-11-9-18(10-12-21)13-14-25-23(28)20-7-4-6-19(16-20)17-26-15-5-8-22(26)27/h4,6-7,9-12,16H,5,8,13-15,17H2,1-3H3,(H,25,28). The minimum absolute atomic E-state index is 0.0686. The van der Waals surface area contributed by atoms with Crippen molar-refractivity contribution in [2.24, 2.45) is 0 Å². The molecule has 4 heteroatoms. The zero-order chi connectivity index (χ0) is 20.1. The molecule has 3 rings (SSSR count). The molecular weight excluding hydrogens is 348 g/mol. The van der Waals surface area contributed by atoms with Crippen LogP contribution in [0.4, 0.5) is 0 Å². The van der Waals surface area contributed by atoms with Crippen molar-refractivity contribution < 1.29 is 9.59 Å². The Bertz CT molecular complexity index is 834. The first kappa shape index (κ1) is 20.1. The van der Waals surface area contributed by atoms with Gasteiger partial charge in [0.25, 0.3) is 5.91 Å². The van der Waals surface area contributed by atoms with Crippen LogP contribution in [-0.4, -0.2) is 29.8 Å². The molecule has 148 valence electrons. The number of nitrogens with zero attached hydrogens (tertiary/aromatic N) is 1. The quantitative estimate of drug-likeness (QED) is 0.823. The monoisotopic (exact) mass is 378 g/mol. The summed E-state index contributed by atoms with van der Waals surface area (Å²) in [5.41, 5.74) is 4.33. The molecule has 0 radical (unpaired) electrons. The Labute approximate surface area is 167 Å². The lowest BCUT2D eigenvalue weighted by Gasteiger charge is -2.19. The van der Waals surface area contributed by atoms with Crippen molar-refractivity contribution in [2.45, 2.75) is 52.0 Å². The maximum absolute atomic E-state index is 12.5. The van der Waals surface area contributed by atoms with Crippen LogP contribution in [0.25, 0.3) is 0 Å². The van der Waals surface area contributed by atoms with Crippen LogP contribution >= 0.6 is 0 Å². The maximum atomic E-state index is 12.5. The zero-order valence-corrected chi connectivity index (χ0v) is 17.1. The molecule has 2 aromatic carbocycles. The van der Waals surface area contributed by atoms with Crippen molar-refractivity contribution in [1.82, 2.24) is 10.2 Å². The van der Waals surface area contributed by atoms with Crippen LogP contribution in [0.2, 0.25) is 0 Å². The van der Waals surface area contributed by atoms with Crippen LogP contribution in [0.5, 0.6) is 0 Å². The molecule has 4 nitrogen and oxygen atoms in total. The van der Waals surface area contributed by atoms with E-state index in [1.807, 2.05) is 29.2 Å². The van der Waals surface area contributed by atoms with Crippen molar-refractivity contribution in [3.8, 4) is 0 Å². The smallest absolute Gasteiger partial charge is 0.251 e. The van der Waals surface area contributed by atoms with Gasteiger partial charge in [-0.15, -0.1) is 0 Å². The average Bonchev–Trinajstić information content (AvgIpc) is 3.06. The first-order valence-electron chi connectivity index (χ1n) is 10.1. The number of carbonyl (C=O) groups is 2. The molecule has 1 saturated heterocycles. The van der Waals surface area contributed by atoms with Gasteiger partial charge >= 0.3 is 0 Å². The Morgan fingerprint density at radius 2 is 1.82 bits per heavy atom. The Kier molecular flexibility index (Phi) is 6.18. The molecule has 0 aliphatic carbocycles. The van der Waals surface area contributed by atoms with Gasteiger partial charge in [-0.1, -0.05) is 57.2 Å². The lowest BCUT2D eigenvalue weighted by molar-refractivity contribution is -0.128. The fraction of sp³-hybridized carbons (Fsp3) is 0.417. The number of rotatable bonds is 6. The van der Waals surface area contributed by atoms with E-state index in [1.54, 1.807) is 0 Å². The summed E-state index contributed by atoms with van der Waals surface area (Å²) in [6, 6.07) is 16.2. The molecule has 1 aliphatic rings. The van der Waals surface area contributed by atoms with E-state index in [-0.39, 0.29) is 17.2 Å². The predicted octanol–water partition coefficient (Wildman–Crippen LogP) is 4.08. The molecule has 2 amide bonds. The summed E-state index contributed by atoms with van der Waals surface area (Å²) in [5, 5.41) is 3.00. The van der Waals surface area contributed by atoms with Gasteiger partial charge in [-0.3, -0.25) is 9.59 Å². The van der Waals surface area contributed by atoms with E-state index in [0.29, 0.717) is 25.1 Å². The largest absolute Gasteiger partial charge is 0.352 e. The molecule has 1 heterocycles. The number of benzene rings is 2. The van der Waals surface area contributed by atoms with Gasteiger partial charge in [0.1, 0.15) is 0 Å². The van der Waals surface area contributed by atoms with Crippen molar-refractivity contribution in [3.05, 3.63) is 70.8 Å². The highest BCUT2D eigenvalue weighted by Gasteiger charge is 2.20. The van der Waals surface area contributed by atoms with Crippen LogP contribution < -0.4 is 5.32 Å². The van der Waals surface area contributed by atoms with E-state index in [1.165, 1.54) is 11.1 Å². The number of nitrogens with one attached hydrogen (secondary N) is 1. The Morgan fingerprint density at radius 1 is 1.07 bits per heavy atom. The number of hydrogen-bond donors (Lipinski definition) is 1. The number of amides is 2. The molecule has 1 fully saturated rings. The normalized spacial score (nSPS) is 14.4. The van der Waals surface area contributed by atoms with Crippen molar-refractivity contribution in [1.29, 1.82) is 0 Å². The van der Waals surface area contributed by atoms with E-state index in [9.17, 15) is 9.59 Å². The predicted molar refractivity (Wildman–Crippen MR) is 112 cm³/mol. The van der Waals surface area contributed by atoms with E-state index >= 15 is 0 Å². The van der Waals surface area contributed by atoms with E-state index in [2.05, 4.69) is 50.4 Å². The van der Waals surface area contributed by atoms with Gasteiger partial charge in [-0.05, 0) is 47.1 Å². The van der Waals surface area contributed by atoms with E-state index in [0.717, 1.165) is 24.9 Å². The van der Waals surface area contributed by atoms with Gasteiger partial charge in [-0.25, -0.2) is 0 Å². The summed E-state index contributed by atoms with van der Waals surface area (Å²) in [5.74, 6) is 0.133. The lowest BCUT2D eigenvalue weighted by Crippen LogP contribution is -2.26. The van der Waals surface area contributed by atoms with Crippen molar-refractivity contribution in [3.63, 3.8) is 0 Å². The minimum Gasteiger partial charge on any atom is -0.352 e. The molecule has 0 saturated carbocycles. The van der Waals surface area contributed by atoms with E-state index < -0.39 is 0 Å². The topological polar surface area (TPSA) is 49.4 Å². The number of carbonyl (C=O) groups excluding carboxylic acids is 2. The third-order valence-corrected chi connectivity index (χ3v) is 5.25. The van der Waals surface area contributed by atoms with Crippen LogP contribution in [0.15, 0.2) is 48.5 Å². The van der Waals surface area contributed by atoms with Gasteiger partial charge in [0.05, 0.1) is 0 Å². The fourth-order valence-corrected chi connectivity index (χ4v) is 3.50. The van der Waals surface area contributed by atoms with E-state index in [4.69, 9.17) is 0 Å². The molecular formula is C24H30N2O2. The fourth-order valence-electron chi connectivity index (χ4n) is 3.50. The second-order valence-electron chi connectivity index (χ2n) is 8.57. The van der Waals surface area contributed by atoms with Gasteiger partial charge in [-0.2, -0.15) is 0 Å². The summed E-state index contributed by atoms with van der Waals surface area (Å²) in [4.78, 5) is 26.1. The summed E-state index contributed by atoms with van der Waals surface area (Å²) in [7, 11) is 0. The van der Waals surface area contributed by atoms with Gasteiger partial charge in [0.15, 0.2) is 0 Å². The molecule has 28 heavy (non-hydrogen) atoms. The van der Waals surface area contributed by atoms with Crippen molar-refractivity contribution >= 4 is 11.8 Å². The molecule has 0 unspecified atom stereocenters. The molecule has 0 aromatic heterocycles. The molecule has 0 atom stereocenters. The first-order valence-corrected chi connectivity index (χ1v) is 10.1. The third-order valence-electron chi connectivity index (χ3n) is 5.25. The molecule has 1 N–H and O–H groups in total. The Morgan fingerprint density at radius 3 is 2.46 bits per heavy atom. The first-order chi connectivity index (χ1) is 13.3. The van der Waals surface area contributed by atoms with Gasteiger partial charge in [0, 0.05) is 31.6 Å². The van der Waals surface area contributed by atoms with Crippen LogP contribution in [0, 0.1) is 0 Å². The minimum atomic E-state index is -0.0686. The highest BCUT2D eigenvalue weighted by molar-refractivity contribution is 5.94. The molecule has 1 aliphatic heterocycles. The molecule has 0 spiro atoms. The summed E-state index contributed by atoms with van der Waals surface area (Å²) >= 11 is 0. The Hall–Kier alpha value is -2.62. The average molecular weight is 379 g/mol. The van der Waals surface area contributed by atoms with Crippen LogP contribution in [0.3, 0.4) is 0 Å². The van der Waals surface area contributed by atoms with Gasteiger partial charge in [0.2, 0.25) is 5.91 Å². The second kappa shape index (κ2) is 8.59. The maximum Gasteiger partial charge on any atom is 0.251 e. The zero-order valence-electron chi connectivity index (χ0n) is 17.1. The van der Waals surface area contributed by atoms with Crippen LogP contribution in [-0.2, 0) is 23.2 Å².